The molecule has 16 heavy (non-hydrogen) atoms. The van der Waals surface area contributed by atoms with Crippen LogP contribution >= 0.6 is 11.8 Å². The van der Waals surface area contributed by atoms with Crippen LogP contribution in [0.5, 0.6) is 0 Å². The highest BCUT2D eigenvalue weighted by Gasteiger charge is 2.12. The van der Waals surface area contributed by atoms with Gasteiger partial charge in [-0.3, -0.25) is 4.79 Å². The number of nitrogen functional groups attached to an aromatic ring is 1. The predicted octanol–water partition coefficient (Wildman–Crippen LogP) is 2.62. The average Bonchev–Trinajstić information content (AvgIpc) is 2.24. The second-order valence-electron chi connectivity index (χ2n) is 3.70. The van der Waals surface area contributed by atoms with Crippen molar-refractivity contribution >= 4 is 23.4 Å². The molecule has 0 spiro atoms. The molecule has 0 aliphatic heterocycles. The number of aryl methyl sites for hydroxylation is 1. The number of hydrogen-bond donors (Lipinski definition) is 1. The van der Waals surface area contributed by atoms with E-state index in [4.69, 9.17) is 5.73 Å². The van der Waals surface area contributed by atoms with Gasteiger partial charge in [0.15, 0.2) is 0 Å². The molecule has 1 aromatic rings. The zero-order valence-corrected chi connectivity index (χ0v) is 10.6. The summed E-state index contributed by atoms with van der Waals surface area (Å²) in [6.07, 6.45) is 0.397. The molecule has 0 aliphatic carbocycles. The van der Waals surface area contributed by atoms with Crippen LogP contribution < -0.4 is 5.73 Å². The molecule has 2 N–H and O–H groups in total. The summed E-state index contributed by atoms with van der Waals surface area (Å²) in [6.45, 7) is 3.97. The lowest BCUT2D eigenvalue weighted by Crippen LogP contribution is -2.08. The van der Waals surface area contributed by atoms with Crippen LogP contribution in [0.15, 0.2) is 23.1 Å². The minimum absolute atomic E-state index is 0.163. The van der Waals surface area contributed by atoms with Crippen LogP contribution in [0.3, 0.4) is 0 Å². The molecule has 88 valence electrons. The molecule has 0 saturated carbocycles. The Balaban J connectivity index is 2.66. The molecule has 1 rings (SSSR count). The summed E-state index contributed by atoms with van der Waals surface area (Å²) in [6, 6.07) is 5.92. The van der Waals surface area contributed by atoms with Crippen LogP contribution in [0.4, 0.5) is 5.69 Å². The van der Waals surface area contributed by atoms with E-state index in [0.29, 0.717) is 6.42 Å². The molecule has 0 fully saturated rings. The van der Waals surface area contributed by atoms with Gasteiger partial charge in [0, 0.05) is 15.8 Å². The number of thioether (sulfide) groups is 1. The topological polar surface area (TPSA) is 52.3 Å². The quantitative estimate of drug-likeness (QED) is 0.498. The van der Waals surface area contributed by atoms with Crippen molar-refractivity contribution in [1.82, 2.24) is 0 Å². The van der Waals surface area contributed by atoms with Crippen molar-refractivity contribution < 1.29 is 9.53 Å². The fourth-order valence-electron chi connectivity index (χ4n) is 1.33. The zero-order valence-electron chi connectivity index (χ0n) is 9.82. The largest absolute Gasteiger partial charge is 0.469 e. The molecule has 0 heterocycles. The molecule has 0 saturated heterocycles. The lowest BCUT2D eigenvalue weighted by molar-refractivity contribution is -0.140. The van der Waals surface area contributed by atoms with Crippen LogP contribution in [-0.4, -0.2) is 18.3 Å². The number of methoxy groups -OCH3 is 1. The van der Waals surface area contributed by atoms with Gasteiger partial charge in [0.1, 0.15) is 0 Å². The number of anilines is 1. The number of ether oxygens (including phenoxy) is 1. The van der Waals surface area contributed by atoms with Crippen LogP contribution in [0.1, 0.15) is 18.9 Å². The van der Waals surface area contributed by atoms with Crippen molar-refractivity contribution in [2.45, 2.75) is 30.4 Å². The lowest BCUT2D eigenvalue weighted by atomic mass is 10.2. The number of rotatable bonds is 4. The summed E-state index contributed by atoms with van der Waals surface area (Å²) in [5.74, 6) is -0.189. The first-order chi connectivity index (χ1) is 7.54. The van der Waals surface area contributed by atoms with Gasteiger partial charge in [-0.1, -0.05) is 19.1 Å². The van der Waals surface area contributed by atoms with Gasteiger partial charge in [-0.2, -0.15) is 0 Å². The Bertz CT molecular complexity index is 379. The Labute approximate surface area is 100 Å². The second kappa shape index (κ2) is 5.80. The molecule has 1 atom stereocenters. The van der Waals surface area contributed by atoms with E-state index >= 15 is 0 Å². The zero-order chi connectivity index (χ0) is 12.1. The molecular formula is C12H17NO2S. The normalized spacial score (nSPS) is 12.2. The number of carbonyl (C=O) groups is 1. The molecule has 1 aromatic carbocycles. The smallest absolute Gasteiger partial charge is 0.306 e. The standard InChI is InChI=1S/C12H17NO2S/c1-8-5-4-6-10(12(8)13)16-9(2)7-11(14)15-3/h4-6,9H,7,13H2,1-3H3. The molecule has 1 unspecified atom stereocenters. The highest BCUT2D eigenvalue weighted by atomic mass is 32.2. The van der Waals surface area contributed by atoms with E-state index in [1.165, 1.54) is 7.11 Å². The number of nitrogens with two attached hydrogens (primary N) is 1. The van der Waals surface area contributed by atoms with Gasteiger partial charge in [0.25, 0.3) is 0 Å². The van der Waals surface area contributed by atoms with Gasteiger partial charge in [-0.05, 0) is 18.6 Å². The summed E-state index contributed by atoms with van der Waals surface area (Å²) in [4.78, 5) is 12.1. The van der Waals surface area contributed by atoms with E-state index in [2.05, 4.69) is 4.74 Å². The van der Waals surface area contributed by atoms with Crippen molar-refractivity contribution in [3.8, 4) is 0 Å². The summed E-state index contributed by atoms with van der Waals surface area (Å²) in [7, 11) is 1.40. The van der Waals surface area contributed by atoms with E-state index in [-0.39, 0.29) is 11.2 Å². The van der Waals surface area contributed by atoms with Crippen LogP contribution in [0, 0.1) is 6.92 Å². The van der Waals surface area contributed by atoms with Crippen molar-refractivity contribution in [3.63, 3.8) is 0 Å². The maximum absolute atomic E-state index is 11.1. The fraction of sp³-hybridized carbons (Fsp3) is 0.417. The lowest BCUT2D eigenvalue weighted by Gasteiger charge is -2.12. The first kappa shape index (κ1) is 12.9. The van der Waals surface area contributed by atoms with Crippen molar-refractivity contribution in [2.24, 2.45) is 0 Å². The SMILES string of the molecule is COC(=O)CC(C)Sc1cccc(C)c1N. The van der Waals surface area contributed by atoms with E-state index in [9.17, 15) is 4.79 Å². The van der Waals surface area contributed by atoms with E-state index in [0.717, 1.165) is 16.1 Å². The third kappa shape index (κ3) is 3.45. The maximum atomic E-state index is 11.1. The molecule has 0 aromatic heterocycles. The minimum Gasteiger partial charge on any atom is -0.469 e. The first-order valence-electron chi connectivity index (χ1n) is 5.13. The number of para-hydroxylation sites is 1. The number of benzene rings is 1. The average molecular weight is 239 g/mol. The van der Waals surface area contributed by atoms with Gasteiger partial charge in [0.2, 0.25) is 0 Å². The fourth-order valence-corrected chi connectivity index (χ4v) is 2.43. The third-order valence-corrected chi connectivity index (χ3v) is 3.47. The van der Waals surface area contributed by atoms with E-state index in [1.807, 2.05) is 32.0 Å². The van der Waals surface area contributed by atoms with Crippen molar-refractivity contribution in [3.05, 3.63) is 23.8 Å². The third-order valence-electron chi connectivity index (χ3n) is 2.29. The maximum Gasteiger partial charge on any atom is 0.306 e. The van der Waals surface area contributed by atoms with Gasteiger partial charge in [-0.25, -0.2) is 0 Å². The number of esters is 1. The summed E-state index contributed by atoms with van der Waals surface area (Å²) in [5.41, 5.74) is 7.82. The molecule has 4 heteroatoms. The highest BCUT2D eigenvalue weighted by Crippen LogP contribution is 2.31. The second-order valence-corrected chi connectivity index (χ2v) is 5.18. The Morgan fingerprint density at radius 2 is 2.25 bits per heavy atom. The Morgan fingerprint density at radius 1 is 1.56 bits per heavy atom. The predicted molar refractivity (Wildman–Crippen MR) is 67.5 cm³/mol. The van der Waals surface area contributed by atoms with Crippen molar-refractivity contribution in [2.75, 3.05) is 12.8 Å². The number of hydrogen-bond acceptors (Lipinski definition) is 4. The van der Waals surface area contributed by atoms with Crippen LogP contribution in [0.25, 0.3) is 0 Å². The summed E-state index contributed by atoms with van der Waals surface area (Å²) < 4.78 is 4.63. The Morgan fingerprint density at radius 3 is 2.88 bits per heavy atom. The molecular weight excluding hydrogens is 222 g/mol. The van der Waals surface area contributed by atoms with E-state index < -0.39 is 0 Å². The van der Waals surface area contributed by atoms with Crippen LogP contribution in [-0.2, 0) is 9.53 Å². The monoisotopic (exact) mass is 239 g/mol. The summed E-state index contributed by atoms with van der Waals surface area (Å²) >= 11 is 1.60. The van der Waals surface area contributed by atoms with E-state index in [1.54, 1.807) is 11.8 Å². The molecule has 0 amide bonds. The minimum atomic E-state index is -0.189. The number of carbonyl (C=O) groups excluding carboxylic acids is 1. The van der Waals surface area contributed by atoms with Gasteiger partial charge < -0.3 is 10.5 Å². The molecule has 0 radical (unpaired) electrons. The first-order valence-corrected chi connectivity index (χ1v) is 6.01. The summed E-state index contributed by atoms with van der Waals surface area (Å²) in [5, 5.41) is 0.163. The van der Waals surface area contributed by atoms with Crippen molar-refractivity contribution in [1.29, 1.82) is 0 Å². The van der Waals surface area contributed by atoms with Crippen LogP contribution in [0.2, 0.25) is 0 Å². The van der Waals surface area contributed by atoms with Gasteiger partial charge >= 0.3 is 5.97 Å². The highest BCUT2D eigenvalue weighted by molar-refractivity contribution is 8.00. The molecule has 0 aliphatic rings. The van der Waals surface area contributed by atoms with Gasteiger partial charge in [0.05, 0.1) is 13.5 Å². The molecule has 3 nitrogen and oxygen atoms in total. The van der Waals surface area contributed by atoms with Gasteiger partial charge in [-0.15, -0.1) is 11.8 Å². The Kier molecular flexibility index (Phi) is 4.68. The molecule has 0 bridgehead atoms. The Hall–Kier alpha value is -1.16.